The summed E-state index contributed by atoms with van der Waals surface area (Å²) in [5.41, 5.74) is -1.64. The third-order valence-electron chi connectivity index (χ3n) is 1.46. The van der Waals surface area contributed by atoms with Crippen molar-refractivity contribution in [1.82, 2.24) is 0 Å². The van der Waals surface area contributed by atoms with Crippen LogP contribution in [0.4, 0.5) is 22.0 Å². The maximum atomic E-state index is 12.6. The van der Waals surface area contributed by atoms with E-state index in [1.165, 1.54) is 0 Å². The Bertz CT molecular complexity index is 384. The summed E-state index contributed by atoms with van der Waals surface area (Å²) in [4.78, 5) is 10.3. The Morgan fingerprint density at radius 1 is 0.786 bits per heavy atom. The van der Waals surface area contributed by atoms with Crippen molar-refractivity contribution in [2.24, 2.45) is 0 Å². The molecule has 0 aliphatic heterocycles. The minimum absolute atomic E-state index is 1.64. The highest BCUT2D eigenvalue weighted by molar-refractivity contribution is 5.99. The molecule has 6 heteroatoms. The highest BCUT2D eigenvalue weighted by Crippen LogP contribution is 2.22. The SMILES string of the molecule is [CH]C(=O)c1c(F)c(F)c(F)c(F)c1F. The first-order valence-electron chi connectivity index (χ1n) is 3.19. The van der Waals surface area contributed by atoms with E-state index >= 15 is 0 Å². The van der Waals surface area contributed by atoms with E-state index in [0.717, 1.165) is 0 Å². The third-order valence-corrected chi connectivity index (χ3v) is 1.46. The predicted molar refractivity (Wildman–Crippen MR) is 34.9 cm³/mol. The molecule has 14 heavy (non-hydrogen) atoms. The molecule has 0 N–H and O–H groups in total. The number of carbonyl (C=O) groups is 1. The first kappa shape index (κ1) is 10.6. The second-order valence-corrected chi connectivity index (χ2v) is 2.31. The van der Waals surface area contributed by atoms with E-state index in [-0.39, 0.29) is 0 Å². The van der Waals surface area contributed by atoms with Crippen LogP contribution in [0.15, 0.2) is 0 Å². The fourth-order valence-corrected chi connectivity index (χ4v) is 0.821. The van der Waals surface area contributed by atoms with E-state index < -0.39 is 40.4 Å². The fraction of sp³-hybridized carbons (Fsp3) is 0. The predicted octanol–water partition coefficient (Wildman–Crippen LogP) is 2.28. The molecule has 0 saturated carbocycles. The van der Waals surface area contributed by atoms with Crippen LogP contribution in [0.2, 0.25) is 0 Å². The second kappa shape index (κ2) is 3.36. The molecule has 0 aliphatic rings. The van der Waals surface area contributed by atoms with Crippen LogP contribution in [0, 0.1) is 36.0 Å². The number of hydrogen-bond acceptors (Lipinski definition) is 1. The van der Waals surface area contributed by atoms with Gasteiger partial charge in [0.2, 0.25) is 5.82 Å². The Morgan fingerprint density at radius 2 is 1.07 bits per heavy atom. The lowest BCUT2D eigenvalue weighted by molar-refractivity contribution is 0.103. The van der Waals surface area contributed by atoms with Gasteiger partial charge in [-0.25, -0.2) is 22.0 Å². The Balaban J connectivity index is 3.68. The maximum absolute atomic E-state index is 12.6. The number of hydrogen-bond donors (Lipinski definition) is 0. The van der Waals surface area contributed by atoms with Crippen molar-refractivity contribution >= 4 is 5.78 Å². The zero-order chi connectivity index (χ0) is 11.0. The Hall–Kier alpha value is -1.46. The zero-order valence-corrected chi connectivity index (χ0v) is 6.38. The molecule has 0 bridgehead atoms. The molecule has 0 fully saturated rings. The van der Waals surface area contributed by atoms with Crippen LogP contribution < -0.4 is 0 Å². The van der Waals surface area contributed by atoms with Crippen LogP contribution in [-0.2, 0) is 0 Å². The number of ketones is 1. The first-order chi connectivity index (χ1) is 6.37. The van der Waals surface area contributed by atoms with Crippen molar-refractivity contribution in [3.63, 3.8) is 0 Å². The lowest BCUT2D eigenvalue weighted by Crippen LogP contribution is -2.10. The van der Waals surface area contributed by atoms with E-state index in [1.807, 2.05) is 0 Å². The Labute approximate surface area is 75.2 Å². The molecule has 0 saturated heterocycles. The third kappa shape index (κ3) is 1.36. The summed E-state index contributed by atoms with van der Waals surface area (Å²) >= 11 is 0. The number of carbonyl (C=O) groups excluding carboxylic acids is 1. The average molecular weight is 208 g/mol. The Morgan fingerprint density at radius 3 is 1.36 bits per heavy atom. The van der Waals surface area contributed by atoms with Crippen molar-refractivity contribution in [3.05, 3.63) is 41.6 Å². The summed E-state index contributed by atoms with van der Waals surface area (Å²) in [6, 6.07) is 0. The van der Waals surface area contributed by atoms with E-state index in [0.29, 0.717) is 0 Å². The molecule has 1 nitrogen and oxygen atoms in total. The highest BCUT2D eigenvalue weighted by atomic mass is 19.2. The topological polar surface area (TPSA) is 17.1 Å². The molecular formula is C8HF5O. The van der Waals surface area contributed by atoms with Gasteiger partial charge in [-0.05, 0) is 0 Å². The van der Waals surface area contributed by atoms with Gasteiger partial charge in [-0.15, -0.1) is 0 Å². The van der Waals surface area contributed by atoms with Gasteiger partial charge in [0.1, 0.15) is 0 Å². The molecule has 0 spiro atoms. The molecule has 0 heterocycles. The van der Waals surface area contributed by atoms with Crippen molar-refractivity contribution in [3.8, 4) is 0 Å². The second-order valence-electron chi connectivity index (χ2n) is 2.31. The summed E-state index contributed by atoms with van der Waals surface area (Å²) < 4.78 is 62.4. The van der Waals surface area contributed by atoms with Gasteiger partial charge in [0.15, 0.2) is 29.1 Å². The molecular weight excluding hydrogens is 207 g/mol. The summed E-state index contributed by atoms with van der Waals surface area (Å²) in [5.74, 6) is -12.9. The molecule has 1 rings (SSSR count). The summed E-state index contributed by atoms with van der Waals surface area (Å²) in [6.45, 7) is 4.43. The zero-order valence-electron chi connectivity index (χ0n) is 6.38. The van der Waals surface area contributed by atoms with E-state index in [9.17, 15) is 26.7 Å². The Kier molecular flexibility index (Phi) is 2.55. The molecule has 0 amide bonds. The fourth-order valence-electron chi connectivity index (χ4n) is 0.821. The lowest BCUT2D eigenvalue weighted by Gasteiger charge is -2.03. The van der Waals surface area contributed by atoms with Crippen molar-refractivity contribution in [1.29, 1.82) is 0 Å². The molecule has 2 radical (unpaired) electrons. The largest absolute Gasteiger partial charge is 0.294 e. The van der Waals surface area contributed by atoms with Crippen LogP contribution >= 0.6 is 0 Å². The van der Waals surface area contributed by atoms with E-state index in [1.54, 1.807) is 0 Å². The van der Waals surface area contributed by atoms with Gasteiger partial charge in [-0.2, -0.15) is 0 Å². The first-order valence-corrected chi connectivity index (χ1v) is 3.19. The maximum Gasteiger partial charge on any atom is 0.200 e. The minimum atomic E-state index is -2.33. The van der Waals surface area contributed by atoms with E-state index in [2.05, 4.69) is 6.92 Å². The van der Waals surface area contributed by atoms with Gasteiger partial charge in [-0.1, -0.05) is 0 Å². The van der Waals surface area contributed by atoms with Crippen LogP contribution in [0.1, 0.15) is 10.4 Å². The highest BCUT2D eigenvalue weighted by Gasteiger charge is 2.27. The average Bonchev–Trinajstić information content (AvgIpc) is 2.11. The summed E-state index contributed by atoms with van der Waals surface area (Å²) in [6.07, 6.45) is 0. The molecule has 1 aromatic carbocycles. The van der Waals surface area contributed by atoms with Gasteiger partial charge in [-0.3, -0.25) is 4.79 Å². The number of benzene rings is 1. The molecule has 0 unspecified atom stereocenters. The smallest absolute Gasteiger partial charge is 0.200 e. The monoisotopic (exact) mass is 208 g/mol. The standard InChI is InChI=1S/C8HF5O/c1-2(14)3-4(9)6(11)8(13)7(12)5(3)10/h1H. The molecule has 74 valence electrons. The molecule has 0 aliphatic carbocycles. The van der Waals surface area contributed by atoms with Crippen LogP contribution in [0.25, 0.3) is 0 Å². The number of Topliss-reactive ketones (excluding diaryl/α,β-unsaturated/α-hetero) is 1. The van der Waals surface area contributed by atoms with Crippen LogP contribution in [0.3, 0.4) is 0 Å². The van der Waals surface area contributed by atoms with Gasteiger partial charge >= 0.3 is 0 Å². The van der Waals surface area contributed by atoms with Gasteiger partial charge in [0.25, 0.3) is 0 Å². The number of halogens is 5. The van der Waals surface area contributed by atoms with Crippen molar-refractivity contribution < 1.29 is 26.7 Å². The van der Waals surface area contributed by atoms with Gasteiger partial charge < -0.3 is 0 Å². The molecule has 0 aromatic heterocycles. The van der Waals surface area contributed by atoms with Gasteiger partial charge in [0, 0.05) is 6.92 Å². The lowest BCUT2D eigenvalue weighted by atomic mass is 10.1. The van der Waals surface area contributed by atoms with Gasteiger partial charge in [0.05, 0.1) is 5.56 Å². The minimum Gasteiger partial charge on any atom is -0.294 e. The molecule has 0 atom stereocenters. The van der Waals surface area contributed by atoms with E-state index in [4.69, 9.17) is 0 Å². The quantitative estimate of drug-likeness (QED) is 0.299. The summed E-state index contributed by atoms with van der Waals surface area (Å²) in [7, 11) is 0. The normalized spacial score (nSPS) is 10.4. The van der Waals surface area contributed by atoms with Crippen LogP contribution in [-0.4, -0.2) is 5.78 Å². The molecule has 1 aromatic rings. The summed E-state index contributed by atoms with van der Waals surface area (Å²) in [5, 5.41) is 0. The van der Waals surface area contributed by atoms with Crippen molar-refractivity contribution in [2.45, 2.75) is 0 Å². The van der Waals surface area contributed by atoms with Crippen LogP contribution in [0.5, 0.6) is 0 Å². The van der Waals surface area contributed by atoms with Crippen molar-refractivity contribution in [2.75, 3.05) is 0 Å². The number of rotatable bonds is 1.